The van der Waals surface area contributed by atoms with Crippen molar-refractivity contribution in [3.05, 3.63) is 41.2 Å². The fourth-order valence-electron chi connectivity index (χ4n) is 1.67. The Morgan fingerprint density at radius 3 is 2.23 bits per heavy atom. The van der Waals surface area contributed by atoms with Gasteiger partial charge in [0.25, 0.3) is 0 Å². The van der Waals surface area contributed by atoms with E-state index in [0.29, 0.717) is 10.8 Å². The third-order valence-corrected chi connectivity index (χ3v) is 4.04. The van der Waals surface area contributed by atoms with Gasteiger partial charge in [0.05, 0.1) is 22.6 Å². The van der Waals surface area contributed by atoms with Gasteiger partial charge in [-0.3, -0.25) is 4.98 Å². The van der Waals surface area contributed by atoms with Gasteiger partial charge in [-0.25, -0.2) is 4.98 Å². The summed E-state index contributed by atoms with van der Waals surface area (Å²) >= 11 is 6.07. The highest BCUT2D eigenvalue weighted by atomic mass is 35.5. The van der Waals surface area contributed by atoms with Crippen molar-refractivity contribution in [3.8, 4) is 11.3 Å². The molecule has 22 heavy (non-hydrogen) atoms. The van der Waals surface area contributed by atoms with Crippen LogP contribution in [0.5, 0.6) is 0 Å². The Bertz CT molecular complexity index is 605. The fourth-order valence-corrected chi connectivity index (χ4v) is 1.89. The number of anilines is 1. The van der Waals surface area contributed by atoms with Crippen molar-refractivity contribution in [2.75, 3.05) is 5.73 Å². The highest BCUT2D eigenvalue weighted by molar-refractivity contribution is 6.33. The van der Waals surface area contributed by atoms with Gasteiger partial charge in [0.15, 0.2) is 0 Å². The maximum absolute atomic E-state index is 6.07. The highest BCUT2D eigenvalue weighted by Crippen LogP contribution is 2.27. The normalized spacial score (nSPS) is 10.8. The van der Waals surface area contributed by atoms with Gasteiger partial charge in [-0.15, -0.1) is 0 Å². The molecule has 0 radical (unpaired) electrons. The average molecular weight is 321 g/mol. The van der Waals surface area contributed by atoms with E-state index in [1.165, 1.54) is 6.20 Å². The summed E-state index contributed by atoms with van der Waals surface area (Å²) in [6.07, 6.45) is 3.68. The van der Waals surface area contributed by atoms with Crippen molar-refractivity contribution in [1.82, 2.24) is 9.97 Å². The fraction of sp³-hybridized carbons (Fsp3) is 0.412. The molecule has 1 heterocycles. The zero-order chi connectivity index (χ0) is 16.8. The minimum Gasteiger partial charge on any atom is -0.382 e. The molecule has 0 saturated heterocycles. The van der Waals surface area contributed by atoms with Crippen LogP contribution in [0.4, 0.5) is 5.82 Å². The van der Waals surface area contributed by atoms with E-state index in [2.05, 4.69) is 30.7 Å². The van der Waals surface area contributed by atoms with E-state index in [9.17, 15) is 0 Å². The van der Waals surface area contributed by atoms with Crippen molar-refractivity contribution in [3.63, 3.8) is 0 Å². The molecule has 0 saturated carbocycles. The van der Waals surface area contributed by atoms with E-state index < -0.39 is 0 Å². The van der Waals surface area contributed by atoms with Gasteiger partial charge in [0, 0.05) is 11.1 Å². The number of aromatic nitrogens is 2. The van der Waals surface area contributed by atoms with Crippen molar-refractivity contribution in [2.45, 2.75) is 46.1 Å². The smallest absolute Gasteiger partial charge is 0.142 e. The quantitative estimate of drug-likeness (QED) is 0.888. The number of hydrogen-bond acceptors (Lipinski definition) is 4. The molecule has 0 aliphatic carbocycles. The number of benzene rings is 1. The largest absolute Gasteiger partial charge is 0.382 e. The molecule has 1 aromatic heterocycles. The van der Waals surface area contributed by atoms with Crippen molar-refractivity contribution < 1.29 is 0 Å². The van der Waals surface area contributed by atoms with Gasteiger partial charge < -0.3 is 11.5 Å². The van der Waals surface area contributed by atoms with E-state index in [1.54, 1.807) is 0 Å². The van der Waals surface area contributed by atoms with Crippen LogP contribution >= 0.6 is 11.6 Å². The number of rotatable bonds is 3. The molecule has 4 nitrogen and oxygen atoms in total. The first-order valence-electron chi connectivity index (χ1n) is 7.43. The highest BCUT2D eigenvalue weighted by Gasteiger charge is 2.10. The first-order chi connectivity index (χ1) is 10.3. The Kier molecular flexibility index (Phi) is 6.78. The average Bonchev–Trinajstić information content (AvgIpc) is 2.49. The molecule has 0 bridgehead atoms. The SMILES string of the molecule is CCC(C)(N)CC.Cc1nc(N)cnc1-c1ccccc1Cl. The van der Waals surface area contributed by atoms with E-state index in [0.717, 1.165) is 29.8 Å². The van der Waals surface area contributed by atoms with Gasteiger partial charge >= 0.3 is 0 Å². The summed E-state index contributed by atoms with van der Waals surface area (Å²) in [4.78, 5) is 8.38. The first-order valence-corrected chi connectivity index (χ1v) is 7.81. The lowest BCUT2D eigenvalue weighted by atomic mass is 9.98. The third-order valence-electron chi connectivity index (χ3n) is 3.71. The maximum Gasteiger partial charge on any atom is 0.142 e. The number of nitrogens with zero attached hydrogens (tertiary/aromatic N) is 2. The molecule has 2 rings (SSSR count). The first kappa shape index (κ1) is 18.4. The number of nitrogens with two attached hydrogens (primary N) is 2. The lowest BCUT2D eigenvalue weighted by Crippen LogP contribution is -2.33. The van der Waals surface area contributed by atoms with Crippen molar-refractivity contribution >= 4 is 17.4 Å². The van der Waals surface area contributed by atoms with E-state index in [1.807, 2.05) is 31.2 Å². The van der Waals surface area contributed by atoms with Gasteiger partial charge in [-0.2, -0.15) is 0 Å². The van der Waals surface area contributed by atoms with E-state index in [-0.39, 0.29) is 5.54 Å². The van der Waals surface area contributed by atoms with Gasteiger partial charge in [0.1, 0.15) is 5.82 Å². The topological polar surface area (TPSA) is 77.8 Å². The summed E-state index contributed by atoms with van der Waals surface area (Å²) in [6, 6.07) is 7.54. The van der Waals surface area contributed by atoms with Crippen LogP contribution in [-0.4, -0.2) is 15.5 Å². The number of halogens is 1. The third kappa shape index (κ3) is 5.28. The summed E-state index contributed by atoms with van der Waals surface area (Å²) in [7, 11) is 0. The molecule has 0 unspecified atom stereocenters. The zero-order valence-corrected chi connectivity index (χ0v) is 14.5. The number of nitrogen functional groups attached to an aromatic ring is 1. The molecular weight excluding hydrogens is 296 g/mol. The van der Waals surface area contributed by atoms with Crippen LogP contribution in [0.1, 0.15) is 39.3 Å². The van der Waals surface area contributed by atoms with Gasteiger partial charge in [0.2, 0.25) is 0 Å². The van der Waals surface area contributed by atoms with Crippen LogP contribution in [0.15, 0.2) is 30.5 Å². The lowest BCUT2D eigenvalue weighted by molar-refractivity contribution is 0.437. The Morgan fingerprint density at radius 2 is 1.77 bits per heavy atom. The molecule has 2 aromatic rings. The minimum absolute atomic E-state index is 0.0833. The predicted octanol–water partition coefficient (Wildman–Crippen LogP) is 4.21. The van der Waals surface area contributed by atoms with E-state index in [4.69, 9.17) is 23.1 Å². The molecule has 0 amide bonds. The Balaban J connectivity index is 0.000000295. The molecule has 1 aromatic carbocycles. The summed E-state index contributed by atoms with van der Waals surface area (Å²) < 4.78 is 0. The standard InChI is InChI=1S/C11H10ClN3.C6H15N/c1-7-11(14-6-10(13)15-7)8-4-2-3-5-9(8)12;1-4-6(3,7)5-2/h2-6H,1H3,(H2,13,15);4-5,7H2,1-3H3. The molecule has 5 heteroatoms. The number of hydrogen-bond donors (Lipinski definition) is 2. The minimum atomic E-state index is 0.0833. The van der Waals surface area contributed by atoms with Crippen LogP contribution in [0.2, 0.25) is 5.02 Å². The van der Waals surface area contributed by atoms with Crippen molar-refractivity contribution in [2.24, 2.45) is 5.73 Å². The lowest BCUT2D eigenvalue weighted by Gasteiger charge is -2.18. The van der Waals surface area contributed by atoms with Crippen LogP contribution in [0.3, 0.4) is 0 Å². The van der Waals surface area contributed by atoms with Crippen LogP contribution < -0.4 is 11.5 Å². The second-order valence-electron chi connectivity index (χ2n) is 5.57. The molecule has 120 valence electrons. The van der Waals surface area contributed by atoms with Gasteiger partial charge in [-0.1, -0.05) is 43.6 Å². The summed E-state index contributed by atoms with van der Waals surface area (Å²) in [5.41, 5.74) is 13.8. The van der Waals surface area contributed by atoms with Crippen LogP contribution in [0.25, 0.3) is 11.3 Å². The zero-order valence-electron chi connectivity index (χ0n) is 13.7. The second-order valence-corrected chi connectivity index (χ2v) is 5.98. The molecule has 0 spiro atoms. The Morgan fingerprint density at radius 1 is 1.18 bits per heavy atom. The molecular formula is C17H25ClN4. The van der Waals surface area contributed by atoms with Crippen LogP contribution in [-0.2, 0) is 0 Å². The second kappa shape index (κ2) is 8.11. The van der Waals surface area contributed by atoms with Crippen molar-refractivity contribution in [1.29, 1.82) is 0 Å². The van der Waals surface area contributed by atoms with E-state index >= 15 is 0 Å². The Labute approximate surface area is 137 Å². The molecule has 0 aliphatic rings. The molecule has 0 fully saturated rings. The Hall–Kier alpha value is -1.65. The van der Waals surface area contributed by atoms with Crippen LogP contribution in [0, 0.1) is 6.92 Å². The monoisotopic (exact) mass is 320 g/mol. The van der Waals surface area contributed by atoms with Gasteiger partial charge in [-0.05, 0) is 32.8 Å². The molecule has 0 atom stereocenters. The summed E-state index contributed by atoms with van der Waals surface area (Å²) in [5.74, 6) is 0.420. The maximum atomic E-state index is 6.07. The number of aryl methyl sites for hydroxylation is 1. The summed E-state index contributed by atoms with van der Waals surface area (Å²) in [6.45, 7) is 8.17. The molecule has 0 aliphatic heterocycles. The predicted molar refractivity (Wildman–Crippen MR) is 94.8 cm³/mol. The summed E-state index contributed by atoms with van der Waals surface area (Å²) in [5, 5.41) is 0.666. The molecule has 4 N–H and O–H groups in total.